The van der Waals surface area contributed by atoms with Crippen molar-refractivity contribution in [3.63, 3.8) is 0 Å². The summed E-state index contributed by atoms with van der Waals surface area (Å²) in [4.78, 5) is 0. The summed E-state index contributed by atoms with van der Waals surface area (Å²) in [5, 5.41) is 3.26. The molecule has 0 radical (unpaired) electrons. The van der Waals surface area contributed by atoms with Crippen molar-refractivity contribution in [2.75, 3.05) is 25.4 Å². The van der Waals surface area contributed by atoms with Gasteiger partial charge < -0.3 is 10.1 Å². The lowest BCUT2D eigenvalue weighted by molar-refractivity contribution is 0.340. The molecule has 2 N–H and O–H groups in total. The summed E-state index contributed by atoms with van der Waals surface area (Å²) in [6.07, 6.45) is 2.14. The summed E-state index contributed by atoms with van der Waals surface area (Å²) in [6.45, 7) is 3.60. The molecule has 1 atom stereocenters. The van der Waals surface area contributed by atoms with Gasteiger partial charge in [0.05, 0.1) is 5.75 Å². The monoisotopic (exact) mass is 298 g/mol. The Morgan fingerprint density at radius 1 is 1.35 bits per heavy atom. The fourth-order valence-corrected chi connectivity index (χ4v) is 3.04. The summed E-state index contributed by atoms with van der Waals surface area (Å²) in [5.74, 6) is 0.677. The molecule has 6 heteroatoms. The maximum absolute atomic E-state index is 11.8. The Hall–Kier alpha value is -1.11. The molecule has 0 aliphatic carbocycles. The SMILES string of the molecule is Cc1ccc(OCCS(=O)(=O)NC[C@@H]2CCCN2)cc1. The molecule has 0 amide bonds. The minimum Gasteiger partial charge on any atom is -0.492 e. The molecule has 0 unspecified atom stereocenters. The molecule has 112 valence electrons. The van der Waals surface area contributed by atoms with E-state index in [2.05, 4.69) is 10.0 Å². The highest BCUT2D eigenvalue weighted by molar-refractivity contribution is 7.89. The third-order valence-corrected chi connectivity index (χ3v) is 4.66. The van der Waals surface area contributed by atoms with Crippen molar-refractivity contribution in [1.29, 1.82) is 0 Å². The van der Waals surface area contributed by atoms with Crippen molar-refractivity contribution in [2.45, 2.75) is 25.8 Å². The topological polar surface area (TPSA) is 67.4 Å². The van der Waals surface area contributed by atoms with Crippen LogP contribution in [0, 0.1) is 6.92 Å². The average molecular weight is 298 g/mol. The summed E-state index contributed by atoms with van der Waals surface area (Å²) in [6, 6.07) is 7.83. The second-order valence-corrected chi connectivity index (χ2v) is 7.05. The Bertz CT molecular complexity index is 508. The van der Waals surface area contributed by atoms with Gasteiger partial charge in [0.25, 0.3) is 0 Å². The van der Waals surface area contributed by atoms with Crippen LogP contribution in [0.4, 0.5) is 0 Å². The minimum atomic E-state index is -3.26. The number of aryl methyl sites for hydroxylation is 1. The van der Waals surface area contributed by atoms with Crippen LogP contribution < -0.4 is 14.8 Å². The lowest BCUT2D eigenvalue weighted by Crippen LogP contribution is -2.39. The number of rotatable bonds is 7. The molecule has 0 aromatic heterocycles. The fraction of sp³-hybridized carbons (Fsp3) is 0.571. The third kappa shape index (κ3) is 5.11. The van der Waals surface area contributed by atoms with E-state index in [1.807, 2.05) is 31.2 Å². The van der Waals surface area contributed by atoms with E-state index in [-0.39, 0.29) is 18.4 Å². The lowest BCUT2D eigenvalue weighted by Gasteiger charge is -2.12. The van der Waals surface area contributed by atoms with E-state index in [1.165, 1.54) is 0 Å². The molecule has 1 saturated heterocycles. The zero-order valence-electron chi connectivity index (χ0n) is 11.8. The lowest BCUT2D eigenvalue weighted by atomic mass is 10.2. The number of nitrogens with one attached hydrogen (secondary N) is 2. The fourth-order valence-electron chi connectivity index (χ4n) is 2.13. The first-order valence-electron chi connectivity index (χ1n) is 6.95. The van der Waals surface area contributed by atoms with Crippen LogP contribution in [0.3, 0.4) is 0 Å². The van der Waals surface area contributed by atoms with Crippen molar-refractivity contribution in [1.82, 2.24) is 10.0 Å². The summed E-state index contributed by atoms with van der Waals surface area (Å²) in [5.41, 5.74) is 1.15. The van der Waals surface area contributed by atoms with Crippen LogP contribution in [-0.2, 0) is 10.0 Å². The van der Waals surface area contributed by atoms with Crippen molar-refractivity contribution < 1.29 is 13.2 Å². The Morgan fingerprint density at radius 2 is 2.10 bits per heavy atom. The molecular weight excluding hydrogens is 276 g/mol. The molecule has 20 heavy (non-hydrogen) atoms. The van der Waals surface area contributed by atoms with E-state index >= 15 is 0 Å². The van der Waals surface area contributed by atoms with Gasteiger partial charge in [0.15, 0.2) is 0 Å². The number of sulfonamides is 1. The van der Waals surface area contributed by atoms with Crippen molar-refractivity contribution in [3.8, 4) is 5.75 Å². The van der Waals surface area contributed by atoms with Gasteiger partial charge in [0.2, 0.25) is 10.0 Å². The molecule has 1 aliphatic heterocycles. The van der Waals surface area contributed by atoms with Crippen molar-refractivity contribution >= 4 is 10.0 Å². The molecule has 2 rings (SSSR count). The van der Waals surface area contributed by atoms with Gasteiger partial charge in [-0.1, -0.05) is 17.7 Å². The van der Waals surface area contributed by atoms with Gasteiger partial charge in [-0.2, -0.15) is 0 Å². The quantitative estimate of drug-likeness (QED) is 0.789. The van der Waals surface area contributed by atoms with Crippen LogP contribution in [-0.4, -0.2) is 39.9 Å². The van der Waals surface area contributed by atoms with Crippen LogP contribution in [0.2, 0.25) is 0 Å². The number of ether oxygens (including phenoxy) is 1. The maximum atomic E-state index is 11.8. The average Bonchev–Trinajstić information content (AvgIpc) is 2.92. The first kappa shape index (κ1) is 15.3. The Balaban J connectivity index is 1.70. The minimum absolute atomic E-state index is 0.0202. The first-order valence-corrected chi connectivity index (χ1v) is 8.60. The molecular formula is C14H22N2O3S. The first-order chi connectivity index (χ1) is 9.55. The molecule has 0 saturated carbocycles. The highest BCUT2D eigenvalue weighted by Crippen LogP contribution is 2.11. The van der Waals surface area contributed by atoms with Gasteiger partial charge in [-0.05, 0) is 38.4 Å². The van der Waals surface area contributed by atoms with Crippen LogP contribution in [0.5, 0.6) is 5.75 Å². The molecule has 1 aliphatic rings. The normalized spacial score (nSPS) is 19.1. The van der Waals surface area contributed by atoms with Crippen LogP contribution in [0.15, 0.2) is 24.3 Å². The molecule has 0 spiro atoms. The van der Waals surface area contributed by atoms with Gasteiger partial charge in [-0.15, -0.1) is 0 Å². The molecule has 0 bridgehead atoms. The summed E-state index contributed by atoms with van der Waals surface area (Å²) in [7, 11) is -3.26. The van der Waals surface area contributed by atoms with Gasteiger partial charge >= 0.3 is 0 Å². The summed E-state index contributed by atoms with van der Waals surface area (Å²) < 4.78 is 31.7. The van der Waals surface area contributed by atoms with Crippen molar-refractivity contribution in [3.05, 3.63) is 29.8 Å². The number of benzene rings is 1. The molecule has 1 aromatic rings. The third-order valence-electron chi connectivity index (χ3n) is 3.35. The van der Waals surface area contributed by atoms with E-state index in [1.54, 1.807) is 0 Å². The predicted octanol–water partition coefficient (Wildman–Crippen LogP) is 1.05. The molecule has 1 fully saturated rings. The zero-order valence-corrected chi connectivity index (χ0v) is 12.6. The zero-order chi connectivity index (χ0) is 14.4. The molecule has 1 aromatic carbocycles. The van der Waals surface area contributed by atoms with E-state index in [4.69, 9.17) is 4.74 Å². The molecule has 5 nitrogen and oxygen atoms in total. The van der Waals surface area contributed by atoms with E-state index in [0.717, 1.165) is 24.9 Å². The highest BCUT2D eigenvalue weighted by atomic mass is 32.2. The Kier molecular flexibility index (Phi) is 5.39. The van der Waals surface area contributed by atoms with Crippen LogP contribution in [0.25, 0.3) is 0 Å². The van der Waals surface area contributed by atoms with Crippen LogP contribution in [0.1, 0.15) is 18.4 Å². The van der Waals surface area contributed by atoms with E-state index < -0.39 is 10.0 Å². The Labute approximate surface area is 120 Å². The Morgan fingerprint density at radius 3 is 2.75 bits per heavy atom. The number of hydrogen-bond donors (Lipinski definition) is 2. The van der Waals surface area contributed by atoms with E-state index in [0.29, 0.717) is 12.3 Å². The van der Waals surface area contributed by atoms with Gasteiger partial charge in [0, 0.05) is 12.6 Å². The largest absolute Gasteiger partial charge is 0.492 e. The molecule has 1 heterocycles. The van der Waals surface area contributed by atoms with Crippen molar-refractivity contribution in [2.24, 2.45) is 0 Å². The maximum Gasteiger partial charge on any atom is 0.215 e. The van der Waals surface area contributed by atoms with E-state index in [9.17, 15) is 8.42 Å². The second kappa shape index (κ2) is 7.06. The van der Waals surface area contributed by atoms with Gasteiger partial charge in [-0.3, -0.25) is 0 Å². The summed E-state index contributed by atoms with van der Waals surface area (Å²) >= 11 is 0. The smallest absolute Gasteiger partial charge is 0.215 e. The van der Waals surface area contributed by atoms with Gasteiger partial charge in [0.1, 0.15) is 12.4 Å². The predicted molar refractivity (Wildman–Crippen MR) is 79.5 cm³/mol. The van der Waals surface area contributed by atoms with Gasteiger partial charge in [-0.25, -0.2) is 13.1 Å². The second-order valence-electron chi connectivity index (χ2n) is 5.12. The highest BCUT2D eigenvalue weighted by Gasteiger charge is 2.17. The number of hydrogen-bond acceptors (Lipinski definition) is 4. The standard InChI is InChI=1S/C14H22N2O3S/c1-12-4-6-14(7-5-12)19-9-10-20(17,18)16-11-13-3-2-8-15-13/h4-7,13,15-16H,2-3,8-11H2,1H3/t13-/m0/s1. The van der Waals surface area contributed by atoms with Crippen LogP contribution >= 0.6 is 0 Å².